The molecule has 2 atom stereocenters. The molecule has 1 saturated heterocycles. The summed E-state index contributed by atoms with van der Waals surface area (Å²) < 4.78 is 11.3. The van der Waals surface area contributed by atoms with Crippen LogP contribution in [0.3, 0.4) is 0 Å². The van der Waals surface area contributed by atoms with E-state index < -0.39 is 0 Å². The SMILES string of the molecule is CCCCOc1cc(C(CO)N2CCNCC2C)ccc1OC. The Labute approximate surface area is 139 Å². The highest BCUT2D eigenvalue weighted by atomic mass is 16.5. The molecular formula is C18H30N2O3. The van der Waals surface area contributed by atoms with Crippen molar-refractivity contribution in [2.45, 2.75) is 38.8 Å². The van der Waals surface area contributed by atoms with Crippen molar-refractivity contribution in [3.05, 3.63) is 23.8 Å². The third-order valence-corrected chi connectivity index (χ3v) is 4.45. The average Bonchev–Trinajstić information content (AvgIpc) is 2.58. The van der Waals surface area contributed by atoms with Gasteiger partial charge in [-0.2, -0.15) is 0 Å². The van der Waals surface area contributed by atoms with Crippen LogP contribution in [0.5, 0.6) is 11.5 Å². The van der Waals surface area contributed by atoms with Crippen molar-refractivity contribution in [3.8, 4) is 11.5 Å². The Morgan fingerprint density at radius 1 is 1.39 bits per heavy atom. The van der Waals surface area contributed by atoms with E-state index in [0.29, 0.717) is 12.6 Å². The fourth-order valence-electron chi connectivity index (χ4n) is 3.06. The molecule has 1 heterocycles. The number of nitrogens with one attached hydrogen (secondary N) is 1. The molecule has 0 amide bonds. The van der Waals surface area contributed by atoms with Gasteiger partial charge in [0, 0.05) is 25.7 Å². The summed E-state index contributed by atoms with van der Waals surface area (Å²) in [5.41, 5.74) is 1.08. The van der Waals surface area contributed by atoms with Crippen molar-refractivity contribution in [3.63, 3.8) is 0 Å². The highest BCUT2D eigenvalue weighted by Crippen LogP contribution is 2.33. The molecule has 23 heavy (non-hydrogen) atoms. The molecule has 0 aromatic heterocycles. The van der Waals surface area contributed by atoms with Crippen LogP contribution in [0.25, 0.3) is 0 Å². The molecule has 0 bridgehead atoms. The van der Waals surface area contributed by atoms with Crippen LogP contribution in [0.15, 0.2) is 18.2 Å². The van der Waals surface area contributed by atoms with Gasteiger partial charge < -0.3 is 19.9 Å². The lowest BCUT2D eigenvalue weighted by atomic mass is 10.0. The Kier molecular flexibility index (Phi) is 7.15. The van der Waals surface area contributed by atoms with Crippen molar-refractivity contribution >= 4 is 0 Å². The number of methoxy groups -OCH3 is 1. The molecule has 1 aromatic carbocycles. The number of piperazine rings is 1. The van der Waals surface area contributed by atoms with Crippen LogP contribution < -0.4 is 14.8 Å². The average molecular weight is 322 g/mol. The number of hydrogen-bond acceptors (Lipinski definition) is 5. The van der Waals surface area contributed by atoms with Crippen molar-refractivity contribution in [2.75, 3.05) is 40.0 Å². The number of ether oxygens (including phenoxy) is 2. The summed E-state index contributed by atoms with van der Waals surface area (Å²) in [6, 6.07) is 6.37. The molecule has 0 saturated carbocycles. The van der Waals surface area contributed by atoms with Crippen LogP contribution in [0.2, 0.25) is 0 Å². The second kappa shape index (κ2) is 9.11. The number of hydrogen-bond donors (Lipinski definition) is 2. The zero-order valence-electron chi connectivity index (χ0n) is 14.5. The van der Waals surface area contributed by atoms with Gasteiger partial charge in [0.05, 0.1) is 26.4 Å². The molecule has 1 aromatic rings. The lowest BCUT2D eigenvalue weighted by Gasteiger charge is -2.39. The predicted octanol–water partition coefficient (Wildman–Crippen LogP) is 2.20. The van der Waals surface area contributed by atoms with Gasteiger partial charge in [0.25, 0.3) is 0 Å². The van der Waals surface area contributed by atoms with Crippen LogP contribution in [0.4, 0.5) is 0 Å². The fraction of sp³-hybridized carbons (Fsp3) is 0.667. The molecule has 0 aliphatic carbocycles. The third-order valence-electron chi connectivity index (χ3n) is 4.45. The van der Waals surface area contributed by atoms with E-state index in [1.54, 1.807) is 7.11 Å². The van der Waals surface area contributed by atoms with Gasteiger partial charge in [0.15, 0.2) is 11.5 Å². The van der Waals surface area contributed by atoms with E-state index in [-0.39, 0.29) is 12.6 Å². The van der Waals surface area contributed by atoms with E-state index in [4.69, 9.17) is 9.47 Å². The van der Waals surface area contributed by atoms with Gasteiger partial charge in [0.2, 0.25) is 0 Å². The second-order valence-electron chi connectivity index (χ2n) is 6.10. The van der Waals surface area contributed by atoms with Crippen LogP contribution in [0, 0.1) is 0 Å². The first kappa shape index (κ1) is 18.0. The summed E-state index contributed by atoms with van der Waals surface area (Å²) in [6.07, 6.45) is 2.12. The maximum atomic E-state index is 9.95. The summed E-state index contributed by atoms with van der Waals surface area (Å²) >= 11 is 0. The number of benzene rings is 1. The zero-order valence-corrected chi connectivity index (χ0v) is 14.5. The molecule has 1 aliphatic rings. The van der Waals surface area contributed by atoms with Crippen LogP contribution in [-0.4, -0.2) is 56.0 Å². The van der Waals surface area contributed by atoms with E-state index in [1.807, 2.05) is 18.2 Å². The smallest absolute Gasteiger partial charge is 0.161 e. The molecule has 0 spiro atoms. The van der Waals surface area contributed by atoms with Crippen LogP contribution >= 0.6 is 0 Å². The predicted molar refractivity (Wildman–Crippen MR) is 92.3 cm³/mol. The van der Waals surface area contributed by atoms with E-state index in [0.717, 1.165) is 49.5 Å². The van der Waals surface area contributed by atoms with Gasteiger partial charge >= 0.3 is 0 Å². The normalized spacial score (nSPS) is 20.3. The fourth-order valence-corrected chi connectivity index (χ4v) is 3.06. The molecule has 2 N–H and O–H groups in total. The second-order valence-corrected chi connectivity index (χ2v) is 6.10. The minimum absolute atomic E-state index is 0.00784. The largest absolute Gasteiger partial charge is 0.493 e. The van der Waals surface area contributed by atoms with E-state index in [9.17, 15) is 5.11 Å². The Hall–Kier alpha value is -1.30. The first-order valence-electron chi connectivity index (χ1n) is 8.59. The molecule has 1 fully saturated rings. The highest BCUT2D eigenvalue weighted by molar-refractivity contribution is 5.44. The lowest BCUT2D eigenvalue weighted by Crippen LogP contribution is -2.51. The van der Waals surface area contributed by atoms with E-state index in [1.165, 1.54) is 0 Å². The minimum atomic E-state index is -0.00784. The summed E-state index contributed by atoms with van der Waals surface area (Å²) in [5, 5.41) is 13.3. The Balaban J connectivity index is 2.20. The van der Waals surface area contributed by atoms with Gasteiger partial charge in [-0.25, -0.2) is 0 Å². The third kappa shape index (κ3) is 4.59. The van der Waals surface area contributed by atoms with Crippen LogP contribution in [0.1, 0.15) is 38.3 Å². The molecular weight excluding hydrogens is 292 g/mol. The highest BCUT2D eigenvalue weighted by Gasteiger charge is 2.27. The number of aliphatic hydroxyl groups excluding tert-OH is 1. The first-order chi connectivity index (χ1) is 11.2. The summed E-state index contributed by atoms with van der Waals surface area (Å²) in [6.45, 7) is 7.96. The maximum absolute atomic E-state index is 9.95. The van der Waals surface area contributed by atoms with Gasteiger partial charge in [-0.1, -0.05) is 19.4 Å². The Morgan fingerprint density at radius 3 is 2.87 bits per heavy atom. The summed E-state index contributed by atoms with van der Waals surface area (Å²) in [4.78, 5) is 2.36. The van der Waals surface area contributed by atoms with Crippen LogP contribution in [-0.2, 0) is 0 Å². The molecule has 2 unspecified atom stereocenters. The van der Waals surface area contributed by atoms with Gasteiger partial charge in [0.1, 0.15) is 0 Å². The lowest BCUT2D eigenvalue weighted by molar-refractivity contribution is 0.0721. The van der Waals surface area contributed by atoms with Crippen molar-refractivity contribution in [1.82, 2.24) is 10.2 Å². The van der Waals surface area contributed by atoms with Crippen molar-refractivity contribution in [2.24, 2.45) is 0 Å². The standard InChI is InChI=1S/C18H30N2O3/c1-4-5-10-23-18-11-15(6-7-17(18)22-3)16(13-21)20-9-8-19-12-14(20)2/h6-7,11,14,16,19,21H,4-5,8-10,12-13H2,1-3H3. The molecule has 0 radical (unpaired) electrons. The number of aliphatic hydroxyl groups is 1. The van der Waals surface area contributed by atoms with Gasteiger partial charge in [-0.15, -0.1) is 0 Å². The molecule has 130 valence electrons. The summed E-state index contributed by atoms with van der Waals surface area (Å²) in [7, 11) is 1.66. The quantitative estimate of drug-likeness (QED) is 0.719. The monoisotopic (exact) mass is 322 g/mol. The Bertz CT molecular complexity index is 481. The first-order valence-corrected chi connectivity index (χ1v) is 8.59. The van der Waals surface area contributed by atoms with Gasteiger partial charge in [-0.3, -0.25) is 4.90 Å². The van der Waals surface area contributed by atoms with Gasteiger partial charge in [-0.05, 0) is 31.0 Å². The zero-order chi connectivity index (χ0) is 16.7. The van der Waals surface area contributed by atoms with E-state index >= 15 is 0 Å². The molecule has 5 nitrogen and oxygen atoms in total. The molecule has 2 rings (SSSR count). The van der Waals surface area contributed by atoms with Crippen molar-refractivity contribution in [1.29, 1.82) is 0 Å². The summed E-state index contributed by atoms with van der Waals surface area (Å²) in [5.74, 6) is 1.51. The Morgan fingerprint density at radius 2 is 2.22 bits per heavy atom. The number of unbranched alkanes of at least 4 members (excludes halogenated alkanes) is 1. The topological polar surface area (TPSA) is 54.0 Å². The van der Waals surface area contributed by atoms with Crippen molar-refractivity contribution < 1.29 is 14.6 Å². The number of nitrogens with zero attached hydrogens (tertiary/aromatic N) is 1. The molecule has 1 aliphatic heterocycles. The maximum Gasteiger partial charge on any atom is 0.161 e. The number of rotatable bonds is 8. The minimum Gasteiger partial charge on any atom is -0.493 e. The molecule has 5 heteroatoms. The van der Waals surface area contributed by atoms with E-state index in [2.05, 4.69) is 24.1 Å².